The third-order valence-electron chi connectivity index (χ3n) is 4.68. The van der Waals surface area contributed by atoms with Crippen LogP contribution < -0.4 is 10.2 Å². The second kappa shape index (κ2) is 6.93. The van der Waals surface area contributed by atoms with Crippen molar-refractivity contribution in [3.8, 4) is 5.75 Å². The summed E-state index contributed by atoms with van der Waals surface area (Å²) in [5, 5.41) is 1.00. The number of rotatable bonds is 3. The predicted octanol–water partition coefficient (Wildman–Crippen LogP) is 3.87. The molecule has 4 nitrogen and oxygen atoms in total. The van der Waals surface area contributed by atoms with Crippen LogP contribution in [0.1, 0.15) is 36.9 Å². The van der Waals surface area contributed by atoms with Gasteiger partial charge in [0.25, 0.3) is 0 Å². The minimum atomic E-state index is 0.0180. The molecule has 0 spiro atoms. The highest BCUT2D eigenvalue weighted by atomic mass is 35.5. The second-order valence-electron chi connectivity index (χ2n) is 6.25. The van der Waals surface area contributed by atoms with Crippen LogP contribution in [0.5, 0.6) is 5.75 Å². The molecule has 0 aliphatic carbocycles. The van der Waals surface area contributed by atoms with Crippen LogP contribution in [-0.4, -0.2) is 30.1 Å². The number of hydrogen-bond acceptors (Lipinski definition) is 3. The fraction of sp³-hybridized carbons (Fsp3) is 0.500. The molecule has 1 fully saturated rings. The summed E-state index contributed by atoms with van der Waals surface area (Å²) in [5.41, 5.74) is 2.41. The quantitative estimate of drug-likeness (QED) is 0.926. The molecule has 23 heavy (non-hydrogen) atoms. The van der Waals surface area contributed by atoms with E-state index in [2.05, 4.69) is 9.88 Å². The van der Waals surface area contributed by atoms with Gasteiger partial charge in [0.2, 0.25) is 0 Å². The maximum atomic E-state index is 13.0. The minimum Gasteiger partial charge on any atom is -0.495 e. The first-order valence-corrected chi connectivity index (χ1v) is 8.60. The Hall–Kier alpha value is -1.52. The van der Waals surface area contributed by atoms with Crippen molar-refractivity contribution >= 4 is 22.5 Å². The summed E-state index contributed by atoms with van der Waals surface area (Å²) in [6.45, 7) is 4.75. The fourth-order valence-corrected chi connectivity index (χ4v) is 3.61. The summed E-state index contributed by atoms with van der Waals surface area (Å²) < 4.78 is 5.36. The molecule has 0 unspecified atom stereocenters. The van der Waals surface area contributed by atoms with E-state index in [1.807, 2.05) is 6.92 Å². The van der Waals surface area contributed by atoms with Crippen LogP contribution in [0.2, 0.25) is 5.02 Å². The van der Waals surface area contributed by atoms with Crippen molar-refractivity contribution in [2.75, 3.05) is 20.2 Å². The van der Waals surface area contributed by atoms with Crippen LogP contribution in [0.3, 0.4) is 0 Å². The molecule has 0 atom stereocenters. The lowest BCUT2D eigenvalue weighted by atomic mass is 10.1. The van der Waals surface area contributed by atoms with Crippen LogP contribution in [0, 0.1) is 6.92 Å². The molecule has 2 heterocycles. The maximum absolute atomic E-state index is 13.0. The molecule has 124 valence electrons. The third-order valence-corrected chi connectivity index (χ3v) is 5.00. The van der Waals surface area contributed by atoms with E-state index in [9.17, 15) is 4.79 Å². The zero-order valence-corrected chi connectivity index (χ0v) is 14.5. The Kier molecular flexibility index (Phi) is 4.93. The van der Waals surface area contributed by atoms with Gasteiger partial charge in [-0.25, -0.2) is 0 Å². The van der Waals surface area contributed by atoms with Crippen LogP contribution >= 0.6 is 11.6 Å². The van der Waals surface area contributed by atoms with Gasteiger partial charge >= 0.3 is 0 Å². The van der Waals surface area contributed by atoms with Crippen LogP contribution in [-0.2, 0) is 6.54 Å². The van der Waals surface area contributed by atoms with Gasteiger partial charge in [-0.15, -0.1) is 0 Å². The molecule has 0 bridgehead atoms. The number of halogens is 1. The molecule has 1 saturated heterocycles. The number of ether oxygens (including phenoxy) is 1. The Morgan fingerprint density at radius 1 is 1.22 bits per heavy atom. The van der Waals surface area contributed by atoms with Crippen LogP contribution in [0.25, 0.3) is 10.9 Å². The summed E-state index contributed by atoms with van der Waals surface area (Å²) in [6, 6.07) is 3.51. The van der Waals surface area contributed by atoms with Gasteiger partial charge in [-0.05, 0) is 45.0 Å². The van der Waals surface area contributed by atoms with Gasteiger partial charge in [-0.1, -0.05) is 24.4 Å². The highest BCUT2D eigenvalue weighted by Crippen LogP contribution is 2.29. The van der Waals surface area contributed by atoms with Gasteiger partial charge in [0.05, 0.1) is 23.0 Å². The summed E-state index contributed by atoms with van der Waals surface area (Å²) in [7, 11) is 1.60. The highest BCUT2D eigenvalue weighted by molar-refractivity contribution is 6.35. The Morgan fingerprint density at radius 2 is 1.91 bits per heavy atom. The number of nitrogens with one attached hydrogen (secondary N) is 1. The number of benzene rings is 1. The number of aromatic nitrogens is 1. The summed E-state index contributed by atoms with van der Waals surface area (Å²) in [4.78, 5) is 18.7. The molecule has 0 saturated carbocycles. The first-order chi connectivity index (χ1) is 11.1. The standard InChI is InChI=1S/C18H23ClN2O2/c1-12-13(11-21-9-5-3-4-6-10-21)18(22)16-14(19)7-8-15(23-2)17(16)20-12/h7-8H,3-6,9-11H2,1-2H3,(H,20,22). The molecular weight excluding hydrogens is 312 g/mol. The van der Waals surface area contributed by atoms with E-state index in [0.717, 1.165) is 24.3 Å². The molecule has 5 heteroatoms. The zero-order valence-electron chi connectivity index (χ0n) is 13.7. The monoisotopic (exact) mass is 334 g/mol. The fourth-order valence-electron chi connectivity index (χ4n) is 3.37. The van der Waals surface area contributed by atoms with Gasteiger partial charge in [0.1, 0.15) is 5.75 Å². The highest BCUT2D eigenvalue weighted by Gasteiger charge is 2.18. The normalized spacial score (nSPS) is 16.5. The van der Waals surface area contributed by atoms with Gasteiger partial charge in [-0.3, -0.25) is 9.69 Å². The van der Waals surface area contributed by atoms with Crippen molar-refractivity contribution in [2.45, 2.75) is 39.2 Å². The van der Waals surface area contributed by atoms with Crippen molar-refractivity contribution in [3.05, 3.63) is 38.6 Å². The van der Waals surface area contributed by atoms with Gasteiger partial charge in [0, 0.05) is 17.8 Å². The Morgan fingerprint density at radius 3 is 2.57 bits per heavy atom. The minimum absolute atomic E-state index is 0.0180. The third kappa shape index (κ3) is 3.24. The zero-order chi connectivity index (χ0) is 16.4. The summed E-state index contributed by atoms with van der Waals surface area (Å²) in [5.74, 6) is 0.644. The first kappa shape index (κ1) is 16.3. The Balaban J connectivity index is 2.07. The van der Waals surface area contributed by atoms with Gasteiger partial charge in [0.15, 0.2) is 5.43 Å². The van der Waals surface area contributed by atoms with E-state index >= 15 is 0 Å². The van der Waals surface area contributed by atoms with E-state index < -0.39 is 0 Å². The molecule has 0 amide bonds. The maximum Gasteiger partial charge on any atom is 0.195 e. The predicted molar refractivity (Wildman–Crippen MR) is 94.6 cm³/mol. The first-order valence-electron chi connectivity index (χ1n) is 8.22. The van der Waals surface area contributed by atoms with Gasteiger partial charge < -0.3 is 9.72 Å². The lowest BCUT2D eigenvalue weighted by molar-refractivity contribution is 0.275. The van der Waals surface area contributed by atoms with E-state index in [1.54, 1.807) is 19.2 Å². The molecular formula is C18H23ClN2O2. The number of fused-ring (bicyclic) bond motifs is 1. The topological polar surface area (TPSA) is 45.3 Å². The molecule has 1 N–H and O–H groups in total. The largest absolute Gasteiger partial charge is 0.495 e. The molecule has 2 aromatic rings. The van der Waals surface area contributed by atoms with Crippen molar-refractivity contribution < 1.29 is 4.74 Å². The number of aromatic amines is 1. The smallest absolute Gasteiger partial charge is 0.195 e. The van der Waals surface area contributed by atoms with E-state index in [4.69, 9.17) is 16.3 Å². The van der Waals surface area contributed by atoms with E-state index in [0.29, 0.717) is 28.2 Å². The van der Waals surface area contributed by atoms with Crippen molar-refractivity contribution in [1.82, 2.24) is 9.88 Å². The number of pyridine rings is 1. The molecule has 1 aromatic heterocycles. The SMILES string of the molecule is COc1ccc(Cl)c2c(=O)c(CN3CCCCCC3)c(C)[nH]c12. The number of hydrogen-bond donors (Lipinski definition) is 1. The number of likely N-dealkylation sites (tertiary alicyclic amines) is 1. The number of methoxy groups -OCH3 is 1. The van der Waals surface area contributed by atoms with Crippen molar-refractivity contribution in [3.63, 3.8) is 0 Å². The van der Waals surface area contributed by atoms with E-state index in [-0.39, 0.29) is 5.43 Å². The average Bonchev–Trinajstić information content (AvgIpc) is 2.80. The van der Waals surface area contributed by atoms with Crippen LogP contribution in [0.4, 0.5) is 0 Å². The lowest BCUT2D eigenvalue weighted by Gasteiger charge is -2.21. The number of H-pyrrole nitrogens is 1. The molecule has 1 aliphatic heterocycles. The second-order valence-corrected chi connectivity index (χ2v) is 6.65. The van der Waals surface area contributed by atoms with Crippen LogP contribution in [0.15, 0.2) is 16.9 Å². The molecule has 0 radical (unpaired) electrons. The number of aryl methyl sites for hydroxylation is 1. The summed E-state index contributed by atoms with van der Waals surface area (Å²) >= 11 is 6.30. The molecule has 3 rings (SSSR count). The summed E-state index contributed by atoms with van der Waals surface area (Å²) in [6.07, 6.45) is 4.98. The average molecular weight is 335 g/mol. The molecule has 1 aromatic carbocycles. The Labute approximate surface area is 141 Å². The number of nitrogens with zero attached hydrogens (tertiary/aromatic N) is 1. The Bertz CT molecular complexity index is 762. The molecule has 1 aliphatic rings. The van der Waals surface area contributed by atoms with Crippen molar-refractivity contribution in [1.29, 1.82) is 0 Å². The van der Waals surface area contributed by atoms with E-state index in [1.165, 1.54) is 25.7 Å². The van der Waals surface area contributed by atoms with Gasteiger partial charge in [-0.2, -0.15) is 0 Å². The lowest BCUT2D eigenvalue weighted by Crippen LogP contribution is -2.28. The van der Waals surface area contributed by atoms with Crippen molar-refractivity contribution in [2.24, 2.45) is 0 Å².